The average Bonchev–Trinajstić information content (AvgIpc) is 3.88. The smallest absolute Gasteiger partial charge is 0.407 e. The molecule has 4 heterocycles. The number of aromatic amines is 2. The molecule has 4 amide bonds. The van der Waals surface area contributed by atoms with Gasteiger partial charge >= 0.3 is 12.2 Å². The van der Waals surface area contributed by atoms with Crippen LogP contribution in [0, 0.1) is 23.7 Å². The number of fused-ring (bicyclic) bond motifs is 3. The summed E-state index contributed by atoms with van der Waals surface area (Å²) in [5, 5.41) is 14.9. The third kappa shape index (κ3) is 7.38. The fourth-order valence-electron chi connectivity index (χ4n) is 9.85. The molecule has 2 saturated carbocycles. The van der Waals surface area contributed by atoms with E-state index in [1.165, 1.54) is 14.2 Å². The number of carboxylic acid groups (broad SMARTS) is 1. The number of likely N-dealkylation sites (N-methyl/N-ethyl adjacent to an activating group) is 1. The Morgan fingerprint density at radius 1 is 0.787 bits per heavy atom. The van der Waals surface area contributed by atoms with Crippen molar-refractivity contribution < 1.29 is 29.0 Å². The van der Waals surface area contributed by atoms with E-state index in [0.29, 0.717) is 28.5 Å². The largest absolute Gasteiger partial charge is 0.465 e. The number of nitrogens with zero attached hydrogens (tertiary/aromatic N) is 5. The maximum Gasteiger partial charge on any atom is 0.407 e. The van der Waals surface area contributed by atoms with E-state index in [4.69, 9.17) is 26.3 Å². The molecule has 3 aromatic carbocycles. The molecule has 0 bridgehead atoms. The summed E-state index contributed by atoms with van der Waals surface area (Å²) < 4.78 is 4.80. The summed E-state index contributed by atoms with van der Waals surface area (Å²) >= 11 is 6.78. The molecular weight excluding hydrogens is 796 g/mol. The number of carbonyl (C=O) groups is 4. The number of H-pyrrole nitrogens is 2. The summed E-state index contributed by atoms with van der Waals surface area (Å²) in [4.78, 5) is 73.0. The van der Waals surface area contributed by atoms with Crippen molar-refractivity contribution in [2.24, 2.45) is 23.7 Å². The highest BCUT2D eigenvalue weighted by molar-refractivity contribution is 6.32. The first kappa shape index (κ1) is 40.5. The molecule has 2 aromatic heterocycles. The van der Waals surface area contributed by atoms with Gasteiger partial charge in [-0.15, -0.1) is 0 Å². The average molecular weight is 847 g/mol. The van der Waals surface area contributed by atoms with E-state index < -0.39 is 24.3 Å². The quantitative estimate of drug-likeness (QED) is 0.103. The Hall–Kier alpha value is -5.89. The van der Waals surface area contributed by atoms with Crippen molar-refractivity contribution in [1.82, 2.24) is 40.0 Å². The first-order valence-electron chi connectivity index (χ1n) is 21.1. The number of hydrogen-bond acceptors (Lipinski definition) is 7. The molecule has 4 aliphatic rings. The summed E-state index contributed by atoms with van der Waals surface area (Å²) in [6, 6.07) is 19.0. The number of piperidine rings is 2. The Labute approximate surface area is 359 Å². The number of methoxy groups -OCH3 is 1. The molecule has 15 heteroatoms. The number of benzene rings is 3. The third-order valence-corrected chi connectivity index (χ3v) is 13.5. The minimum atomic E-state index is -1.13. The van der Waals surface area contributed by atoms with Crippen LogP contribution in [0.5, 0.6) is 0 Å². The molecule has 2 aliphatic carbocycles. The second-order valence-electron chi connectivity index (χ2n) is 17.9. The number of hydrogen-bond donors (Lipinski definition) is 4. The van der Waals surface area contributed by atoms with Crippen LogP contribution in [0.4, 0.5) is 9.59 Å². The standard InChI is InChI=1S/C46H51ClN8O6/c1-22(2)37(51-45(58)61-6)43(56)54-33-17-30(33)19-35(54)41-48-21-32(49-41)25-9-7-24(8-10-25)26-11-12-28-16-29(14-13-27(28)15-26)38-40(47)52-42(50-38)36-20-31-18-34(31)55(36)44(57)39(23(3)4)53(5)46(59)60/h7-16,21-23,30-31,33-37,39H,17-20H2,1-6H3,(H,48,49)(H,50,52)(H,51,58)(H,59,60)/t30-,31-,33-,34-,35+,36+,37+,39+/m1/s1. The van der Waals surface area contributed by atoms with E-state index in [0.717, 1.165) is 75.1 Å². The van der Waals surface area contributed by atoms with Crippen molar-refractivity contribution in [3.63, 3.8) is 0 Å². The minimum absolute atomic E-state index is 0.0809. The number of carbonyl (C=O) groups excluding carboxylic acids is 3. The van der Waals surface area contributed by atoms with Crippen molar-refractivity contribution in [3.8, 4) is 33.6 Å². The van der Waals surface area contributed by atoms with Gasteiger partial charge in [-0.2, -0.15) is 0 Å². The molecule has 4 N–H and O–H groups in total. The SMILES string of the molecule is COC(=O)N[C@H](C(=O)N1[C@@H]2C[C@@H]2C[C@H]1c1nc(-c2ccc(-c3ccc4cc(-c5[nH]c([C@@H]6C[C@H]7C[C@H]7N6C(=O)[C@H](C(C)C)N(C)C(=O)O)nc5Cl)ccc4c3)cc2)c[nH]1)C(C)C. The van der Waals surface area contributed by atoms with Gasteiger partial charge in [0.25, 0.3) is 0 Å². The molecule has 9 rings (SSSR count). The predicted octanol–water partition coefficient (Wildman–Crippen LogP) is 8.28. The second kappa shape index (κ2) is 15.5. The molecule has 318 valence electrons. The molecule has 0 unspecified atom stereocenters. The van der Waals surface area contributed by atoms with Crippen LogP contribution >= 0.6 is 11.6 Å². The van der Waals surface area contributed by atoms with Crippen LogP contribution in [-0.4, -0.2) is 102 Å². The van der Waals surface area contributed by atoms with E-state index in [1.54, 1.807) is 0 Å². The molecule has 61 heavy (non-hydrogen) atoms. The van der Waals surface area contributed by atoms with Gasteiger partial charge in [0.15, 0.2) is 5.15 Å². The van der Waals surface area contributed by atoms with Crippen molar-refractivity contribution >= 4 is 46.4 Å². The van der Waals surface area contributed by atoms with Gasteiger partial charge in [-0.25, -0.2) is 19.6 Å². The van der Waals surface area contributed by atoms with Crippen molar-refractivity contribution in [3.05, 3.63) is 83.7 Å². The van der Waals surface area contributed by atoms with E-state index in [-0.39, 0.29) is 47.8 Å². The lowest BCUT2D eigenvalue weighted by Gasteiger charge is -2.35. The van der Waals surface area contributed by atoms with Crippen LogP contribution in [0.1, 0.15) is 77.1 Å². The van der Waals surface area contributed by atoms with E-state index in [1.807, 2.05) is 49.8 Å². The Balaban J connectivity index is 0.898. The number of halogens is 1. The first-order valence-corrected chi connectivity index (χ1v) is 21.5. The number of imidazole rings is 2. The van der Waals surface area contributed by atoms with Crippen LogP contribution < -0.4 is 5.32 Å². The molecular formula is C46H51ClN8O6. The molecule has 8 atom stereocenters. The number of ether oxygens (including phenoxy) is 1. The lowest BCUT2D eigenvalue weighted by molar-refractivity contribution is -0.140. The highest BCUT2D eigenvalue weighted by Gasteiger charge is 2.58. The molecule has 14 nitrogen and oxygen atoms in total. The fraction of sp³-hybridized carbons (Fsp3) is 0.435. The predicted molar refractivity (Wildman–Crippen MR) is 230 cm³/mol. The zero-order chi connectivity index (χ0) is 43.0. The van der Waals surface area contributed by atoms with Gasteiger partial charge in [0.1, 0.15) is 23.7 Å². The van der Waals surface area contributed by atoms with Gasteiger partial charge in [0, 0.05) is 36.5 Å². The van der Waals surface area contributed by atoms with Gasteiger partial charge in [-0.05, 0) is 83.4 Å². The van der Waals surface area contributed by atoms with Gasteiger partial charge in [0.2, 0.25) is 11.8 Å². The normalized spacial score (nSPS) is 23.5. The minimum Gasteiger partial charge on any atom is -0.465 e. The lowest BCUT2D eigenvalue weighted by Crippen LogP contribution is -2.52. The Bertz CT molecular complexity index is 2530. The Kier molecular flexibility index (Phi) is 10.3. The van der Waals surface area contributed by atoms with Gasteiger partial charge in [-0.1, -0.05) is 87.8 Å². The van der Waals surface area contributed by atoms with Crippen LogP contribution in [-0.2, 0) is 14.3 Å². The Morgan fingerprint density at radius 2 is 1.36 bits per heavy atom. The molecule has 5 aromatic rings. The molecule has 2 saturated heterocycles. The zero-order valence-corrected chi connectivity index (χ0v) is 35.8. The van der Waals surface area contributed by atoms with Crippen LogP contribution in [0.15, 0.2) is 66.9 Å². The molecule has 0 radical (unpaired) electrons. The number of amides is 4. The maximum atomic E-state index is 13.9. The van der Waals surface area contributed by atoms with Crippen LogP contribution in [0.3, 0.4) is 0 Å². The molecule has 0 spiro atoms. The topological polar surface area (TPSA) is 177 Å². The third-order valence-electron chi connectivity index (χ3n) is 13.3. The highest BCUT2D eigenvalue weighted by atomic mass is 35.5. The lowest BCUT2D eigenvalue weighted by atomic mass is 9.98. The van der Waals surface area contributed by atoms with Crippen molar-refractivity contribution in [2.45, 2.75) is 89.6 Å². The summed E-state index contributed by atoms with van der Waals surface area (Å²) in [5.41, 5.74) is 5.42. The van der Waals surface area contributed by atoms with Gasteiger partial charge < -0.3 is 34.9 Å². The first-order chi connectivity index (χ1) is 29.2. The van der Waals surface area contributed by atoms with E-state index in [9.17, 15) is 24.3 Å². The summed E-state index contributed by atoms with van der Waals surface area (Å²) in [7, 11) is 2.75. The summed E-state index contributed by atoms with van der Waals surface area (Å²) in [6.45, 7) is 7.57. The number of aromatic nitrogens is 4. The number of nitrogens with one attached hydrogen (secondary N) is 3. The number of likely N-dealkylation sites (tertiary alicyclic amines) is 2. The second-order valence-corrected chi connectivity index (χ2v) is 18.2. The zero-order valence-electron chi connectivity index (χ0n) is 35.1. The monoisotopic (exact) mass is 846 g/mol. The number of rotatable bonds is 11. The molecule has 2 aliphatic heterocycles. The number of alkyl carbamates (subject to hydrolysis) is 1. The van der Waals surface area contributed by atoms with Crippen LogP contribution in [0.2, 0.25) is 5.15 Å². The van der Waals surface area contributed by atoms with Crippen molar-refractivity contribution in [2.75, 3.05) is 14.2 Å². The highest BCUT2D eigenvalue weighted by Crippen LogP contribution is 2.55. The van der Waals surface area contributed by atoms with Crippen molar-refractivity contribution in [1.29, 1.82) is 0 Å². The van der Waals surface area contributed by atoms with E-state index in [2.05, 4.69) is 69.9 Å². The van der Waals surface area contributed by atoms with E-state index >= 15 is 0 Å². The maximum absolute atomic E-state index is 13.9. The van der Waals surface area contributed by atoms with Gasteiger partial charge in [0.05, 0.1) is 30.6 Å². The van der Waals surface area contributed by atoms with Gasteiger partial charge in [-0.3, -0.25) is 14.5 Å². The Morgan fingerprint density at radius 3 is 1.97 bits per heavy atom. The summed E-state index contributed by atoms with van der Waals surface area (Å²) in [5.74, 6) is 1.57. The fourth-order valence-corrected chi connectivity index (χ4v) is 10.1. The summed E-state index contributed by atoms with van der Waals surface area (Å²) in [6.07, 6.45) is 3.61. The van der Waals surface area contributed by atoms with Crippen LogP contribution in [0.25, 0.3) is 44.4 Å². The molecule has 4 fully saturated rings.